The molecule has 0 radical (unpaired) electrons. The van der Waals surface area contributed by atoms with Gasteiger partial charge in [-0.3, -0.25) is 0 Å². The number of nitrogens with zero attached hydrogens (tertiary/aromatic N) is 2. The summed E-state index contributed by atoms with van der Waals surface area (Å²) in [7, 11) is 0. The summed E-state index contributed by atoms with van der Waals surface area (Å²) < 4.78 is 4.89. The lowest BCUT2D eigenvalue weighted by Gasteiger charge is -2.15. The highest BCUT2D eigenvalue weighted by molar-refractivity contribution is 5.37. The molecule has 5 nitrogen and oxygen atoms in total. The van der Waals surface area contributed by atoms with Crippen molar-refractivity contribution < 1.29 is 9.63 Å². The first-order valence-electron chi connectivity index (χ1n) is 5.88. The Labute approximate surface area is 106 Å². The van der Waals surface area contributed by atoms with Crippen molar-refractivity contribution in [3.8, 4) is 5.75 Å². The molecule has 0 aliphatic heterocycles. The van der Waals surface area contributed by atoms with Gasteiger partial charge in [0.15, 0.2) is 5.82 Å². The Kier molecular flexibility index (Phi) is 3.62. The molecule has 1 atom stereocenters. The molecule has 0 aliphatic carbocycles. The van der Waals surface area contributed by atoms with Crippen LogP contribution in [0.1, 0.15) is 35.8 Å². The summed E-state index contributed by atoms with van der Waals surface area (Å²) in [5.41, 5.74) is 1.99. The number of phenolic OH excluding ortho intramolecular Hbond substituents is 1. The van der Waals surface area contributed by atoms with Crippen LogP contribution in [0.3, 0.4) is 0 Å². The molecular formula is C13H17N3O2. The number of benzene rings is 1. The maximum absolute atomic E-state index is 9.82. The number of nitrogens with one attached hydrogen (secondary N) is 1. The van der Waals surface area contributed by atoms with E-state index in [2.05, 4.69) is 15.5 Å². The van der Waals surface area contributed by atoms with Crippen molar-refractivity contribution in [2.75, 3.05) is 0 Å². The molecule has 1 unspecified atom stereocenters. The SMILES string of the molecule is Cc1ccc(O)c(C(C)NCc2noc(C)n2)c1. The quantitative estimate of drug-likeness (QED) is 0.867. The van der Waals surface area contributed by atoms with Crippen LogP contribution in [0, 0.1) is 13.8 Å². The molecular weight excluding hydrogens is 230 g/mol. The summed E-state index contributed by atoms with van der Waals surface area (Å²) in [6.45, 7) is 6.25. The van der Waals surface area contributed by atoms with Crippen LogP contribution in [0.15, 0.2) is 22.7 Å². The van der Waals surface area contributed by atoms with E-state index in [9.17, 15) is 5.11 Å². The smallest absolute Gasteiger partial charge is 0.223 e. The van der Waals surface area contributed by atoms with E-state index in [1.807, 2.05) is 26.0 Å². The molecule has 0 saturated carbocycles. The van der Waals surface area contributed by atoms with Gasteiger partial charge in [0.25, 0.3) is 0 Å². The van der Waals surface area contributed by atoms with E-state index in [-0.39, 0.29) is 6.04 Å². The molecule has 0 bridgehead atoms. The highest BCUT2D eigenvalue weighted by Crippen LogP contribution is 2.24. The normalized spacial score (nSPS) is 12.6. The molecule has 0 saturated heterocycles. The number of hydrogen-bond donors (Lipinski definition) is 2. The van der Waals surface area contributed by atoms with Crippen molar-refractivity contribution in [1.29, 1.82) is 0 Å². The molecule has 1 aromatic carbocycles. The summed E-state index contributed by atoms with van der Waals surface area (Å²) in [5, 5.41) is 16.9. The van der Waals surface area contributed by atoms with Gasteiger partial charge in [0.1, 0.15) is 5.75 Å². The largest absolute Gasteiger partial charge is 0.508 e. The van der Waals surface area contributed by atoms with Gasteiger partial charge in [0.05, 0.1) is 6.54 Å². The third kappa shape index (κ3) is 2.87. The number of rotatable bonds is 4. The van der Waals surface area contributed by atoms with E-state index in [1.54, 1.807) is 13.0 Å². The third-order valence-corrected chi connectivity index (χ3v) is 2.79. The molecule has 2 N–H and O–H groups in total. The Balaban J connectivity index is 2.03. The molecule has 2 rings (SSSR count). The summed E-state index contributed by atoms with van der Waals surface area (Å²) in [5.74, 6) is 1.47. The first-order valence-corrected chi connectivity index (χ1v) is 5.88. The van der Waals surface area contributed by atoms with Crippen molar-refractivity contribution in [2.24, 2.45) is 0 Å². The van der Waals surface area contributed by atoms with Gasteiger partial charge in [0.2, 0.25) is 5.89 Å². The monoisotopic (exact) mass is 247 g/mol. The predicted molar refractivity (Wildman–Crippen MR) is 67.1 cm³/mol. The zero-order valence-electron chi connectivity index (χ0n) is 10.8. The van der Waals surface area contributed by atoms with Crippen LogP contribution in [0.4, 0.5) is 0 Å². The Bertz CT molecular complexity index is 537. The van der Waals surface area contributed by atoms with Gasteiger partial charge in [-0.2, -0.15) is 4.98 Å². The van der Waals surface area contributed by atoms with Crippen LogP contribution in [-0.4, -0.2) is 15.2 Å². The van der Waals surface area contributed by atoms with Crippen LogP contribution >= 0.6 is 0 Å². The summed E-state index contributed by atoms with van der Waals surface area (Å²) in [6.07, 6.45) is 0. The van der Waals surface area contributed by atoms with E-state index >= 15 is 0 Å². The highest BCUT2D eigenvalue weighted by atomic mass is 16.5. The van der Waals surface area contributed by atoms with E-state index < -0.39 is 0 Å². The molecule has 1 heterocycles. The first-order chi connectivity index (χ1) is 8.56. The lowest BCUT2D eigenvalue weighted by molar-refractivity contribution is 0.383. The molecule has 0 amide bonds. The molecule has 96 valence electrons. The summed E-state index contributed by atoms with van der Waals surface area (Å²) in [6, 6.07) is 5.58. The van der Waals surface area contributed by atoms with Crippen LogP contribution in [-0.2, 0) is 6.54 Å². The Morgan fingerprint density at radius 3 is 2.83 bits per heavy atom. The number of aromatic hydroxyl groups is 1. The fourth-order valence-electron chi connectivity index (χ4n) is 1.79. The van der Waals surface area contributed by atoms with Crippen LogP contribution in [0.5, 0.6) is 5.75 Å². The van der Waals surface area contributed by atoms with Crippen molar-refractivity contribution in [2.45, 2.75) is 33.4 Å². The van der Waals surface area contributed by atoms with Crippen LogP contribution in [0.2, 0.25) is 0 Å². The average molecular weight is 247 g/mol. The minimum absolute atomic E-state index is 0.0173. The second-order valence-electron chi connectivity index (χ2n) is 4.39. The topological polar surface area (TPSA) is 71.2 Å². The van der Waals surface area contributed by atoms with Crippen molar-refractivity contribution in [1.82, 2.24) is 15.5 Å². The fraction of sp³-hybridized carbons (Fsp3) is 0.385. The fourth-order valence-corrected chi connectivity index (χ4v) is 1.79. The molecule has 0 spiro atoms. The number of phenols is 1. The Morgan fingerprint density at radius 1 is 1.39 bits per heavy atom. The van der Waals surface area contributed by atoms with E-state index in [4.69, 9.17) is 4.52 Å². The molecule has 18 heavy (non-hydrogen) atoms. The van der Waals surface area contributed by atoms with Crippen molar-refractivity contribution in [3.05, 3.63) is 41.0 Å². The van der Waals surface area contributed by atoms with E-state index in [0.29, 0.717) is 24.0 Å². The third-order valence-electron chi connectivity index (χ3n) is 2.79. The van der Waals surface area contributed by atoms with Crippen LogP contribution in [0.25, 0.3) is 0 Å². The maximum Gasteiger partial charge on any atom is 0.223 e. The number of aromatic nitrogens is 2. The highest BCUT2D eigenvalue weighted by Gasteiger charge is 2.11. The molecule has 0 fully saturated rings. The van der Waals surface area contributed by atoms with E-state index in [1.165, 1.54) is 0 Å². The Morgan fingerprint density at radius 2 is 2.17 bits per heavy atom. The van der Waals surface area contributed by atoms with Gasteiger partial charge >= 0.3 is 0 Å². The average Bonchev–Trinajstić information content (AvgIpc) is 2.75. The summed E-state index contributed by atoms with van der Waals surface area (Å²) in [4.78, 5) is 4.11. The summed E-state index contributed by atoms with van der Waals surface area (Å²) >= 11 is 0. The Hall–Kier alpha value is -1.88. The standard InChI is InChI=1S/C13H17N3O2/c1-8-4-5-12(17)11(6-8)9(2)14-7-13-15-10(3)18-16-13/h4-6,9,14,17H,7H2,1-3H3. The minimum Gasteiger partial charge on any atom is -0.508 e. The molecule has 2 aromatic rings. The van der Waals surface area contributed by atoms with Gasteiger partial charge in [0, 0.05) is 18.5 Å². The van der Waals surface area contributed by atoms with Gasteiger partial charge in [-0.05, 0) is 19.9 Å². The van der Waals surface area contributed by atoms with Gasteiger partial charge in [-0.25, -0.2) is 0 Å². The van der Waals surface area contributed by atoms with Gasteiger partial charge in [-0.1, -0.05) is 22.9 Å². The van der Waals surface area contributed by atoms with Gasteiger partial charge < -0.3 is 14.9 Å². The second kappa shape index (κ2) is 5.18. The number of hydrogen-bond acceptors (Lipinski definition) is 5. The van der Waals surface area contributed by atoms with Gasteiger partial charge in [-0.15, -0.1) is 0 Å². The molecule has 0 aliphatic rings. The van der Waals surface area contributed by atoms with E-state index in [0.717, 1.165) is 11.1 Å². The zero-order valence-corrected chi connectivity index (χ0v) is 10.8. The zero-order chi connectivity index (χ0) is 13.1. The number of aryl methyl sites for hydroxylation is 2. The first kappa shape index (κ1) is 12.6. The lowest BCUT2D eigenvalue weighted by atomic mass is 10.0. The predicted octanol–water partition coefficient (Wildman–Crippen LogP) is 2.24. The van der Waals surface area contributed by atoms with Crippen molar-refractivity contribution >= 4 is 0 Å². The molecule has 1 aromatic heterocycles. The lowest BCUT2D eigenvalue weighted by Crippen LogP contribution is -2.19. The van der Waals surface area contributed by atoms with Crippen LogP contribution < -0.4 is 5.32 Å². The van der Waals surface area contributed by atoms with Crippen molar-refractivity contribution in [3.63, 3.8) is 0 Å². The molecule has 5 heteroatoms. The minimum atomic E-state index is 0.0173. The second-order valence-corrected chi connectivity index (χ2v) is 4.39. The maximum atomic E-state index is 9.82.